The first-order valence-corrected chi connectivity index (χ1v) is 9.73. The number of pyridine rings is 2. The Labute approximate surface area is 175 Å². The lowest BCUT2D eigenvalue weighted by Gasteiger charge is -2.13. The van der Waals surface area contributed by atoms with Gasteiger partial charge in [0.2, 0.25) is 0 Å². The van der Waals surface area contributed by atoms with Crippen LogP contribution in [0.15, 0.2) is 60.8 Å². The number of amides is 1. The number of nitrogens with one attached hydrogen (secondary N) is 2. The van der Waals surface area contributed by atoms with Gasteiger partial charge in [-0.3, -0.25) is 9.78 Å². The van der Waals surface area contributed by atoms with Crippen molar-refractivity contribution in [3.8, 4) is 11.3 Å². The lowest BCUT2D eigenvalue weighted by atomic mass is 10.1. The molecule has 0 bridgehead atoms. The lowest BCUT2D eigenvalue weighted by molar-refractivity contribution is 0.0954. The zero-order valence-corrected chi connectivity index (χ0v) is 16.9. The fourth-order valence-corrected chi connectivity index (χ4v) is 2.90. The Morgan fingerprint density at radius 1 is 1.07 bits per heavy atom. The summed E-state index contributed by atoms with van der Waals surface area (Å²) in [5.74, 6) is 0.334. The Hall–Kier alpha value is -2.96. The van der Waals surface area contributed by atoms with Crippen LogP contribution >= 0.6 is 11.6 Å². The van der Waals surface area contributed by atoms with Gasteiger partial charge in [-0.1, -0.05) is 29.8 Å². The van der Waals surface area contributed by atoms with Gasteiger partial charge in [0, 0.05) is 49.1 Å². The third kappa shape index (κ3) is 6.01. The average Bonchev–Trinajstić information content (AvgIpc) is 2.75. The van der Waals surface area contributed by atoms with Crippen molar-refractivity contribution in [3.63, 3.8) is 0 Å². The van der Waals surface area contributed by atoms with Gasteiger partial charge in [0.05, 0.1) is 17.9 Å². The van der Waals surface area contributed by atoms with Crippen molar-refractivity contribution in [1.82, 2.24) is 15.3 Å². The van der Waals surface area contributed by atoms with Crippen molar-refractivity contribution in [2.75, 3.05) is 32.1 Å². The summed E-state index contributed by atoms with van der Waals surface area (Å²) in [4.78, 5) is 21.6. The second-order valence-electron chi connectivity index (χ2n) is 6.35. The number of aromatic nitrogens is 2. The molecule has 3 rings (SSSR count). The topological polar surface area (TPSA) is 76.1 Å². The number of benzene rings is 1. The highest BCUT2D eigenvalue weighted by Crippen LogP contribution is 2.23. The average molecular weight is 411 g/mol. The second kappa shape index (κ2) is 10.5. The van der Waals surface area contributed by atoms with E-state index in [1.54, 1.807) is 19.4 Å². The largest absolute Gasteiger partial charge is 0.383 e. The molecule has 0 aliphatic heterocycles. The number of carbonyl (C=O) groups is 1. The Bertz CT molecular complexity index is 933. The maximum atomic E-state index is 12.7. The first-order valence-electron chi connectivity index (χ1n) is 9.35. The summed E-state index contributed by atoms with van der Waals surface area (Å²) < 4.78 is 5.09. The Morgan fingerprint density at radius 3 is 2.62 bits per heavy atom. The molecule has 0 radical (unpaired) electrons. The number of nitrogens with zero attached hydrogens (tertiary/aromatic N) is 2. The minimum atomic E-state index is -0.184. The highest BCUT2D eigenvalue weighted by molar-refractivity contribution is 6.30. The molecule has 0 unspecified atom stereocenters. The van der Waals surface area contributed by atoms with E-state index in [9.17, 15) is 4.79 Å². The van der Waals surface area contributed by atoms with Gasteiger partial charge in [0.1, 0.15) is 5.82 Å². The van der Waals surface area contributed by atoms with E-state index in [-0.39, 0.29) is 5.91 Å². The molecule has 6 nitrogen and oxygen atoms in total. The molecule has 0 atom stereocenters. The second-order valence-corrected chi connectivity index (χ2v) is 6.78. The molecule has 3 aromatic rings. The molecule has 29 heavy (non-hydrogen) atoms. The van der Waals surface area contributed by atoms with Crippen LogP contribution in [-0.4, -0.2) is 42.7 Å². The number of anilines is 1. The highest BCUT2D eigenvalue weighted by atomic mass is 35.5. The van der Waals surface area contributed by atoms with Crippen LogP contribution in [0.1, 0.15) is 16.1 Å². The SMILES string of the molecule is COCCNc1nc(-c2ccc(Cl)cc2)ccc1C(=O)NCCc1ccccn1. The van der Waals surface area contributed by atoms with E-state index in [0.717, 1.165) is 17.0 Å². The zero-order valence-electron chi connectivity index (χ0n) is 16.2. The van der Waals surface area contributed by atoms with Crippen LogP contribution in [-0.2, 0) is 11.2 Å². The lowest BCUT2D eigenvalue weighted by Crippen LogP contribution is -2.27. The first kappa shape index (κ1) is 20.8. The summed E-state index contributed by atoms with van der Waals surface area (Å²) in [6.45, 7) is 1.54. The summed E-state index contributed by atoms with van der Waals surface area (Å²) >= 11 is 5.97. The molecule has 150 valence electrons. The van der Waals surface area contributed by atoms with Crippen LogP contribution in [0.5, 0.6) is 0 Å². The molecule has 0 saturated heterocycles. The van der Waals surface area contributed by atoms with Crippen LogP contribution < -0.4 is 10.6 Å². The van der Waals surface area contributed by atoms with E-state index >= 15 is 0 Å². The molecule has 0 aliphatic carbocycles. The van der Waals surface area contributed by atoms with E-state index in [1.165, 1.54) is 0 Å². The molecule has 2 heterocycles. The van der Waals surface area contributed by atoms with E-state index in [1.807, 2.05) is 48.5 Å². The molecule has 1 aromatic carbocycles. The van der Waals surface area contributed by atoms with Crippen molar-refractivity contribution in [1.29, 1.82) is 0 Å². The Kier molecular flexibility index (Phi) is 7.55. The molecule has 1 amide bonds. The number of methoxy groups -OCH3 is 1. The molecule has 0 fully saturated rings. The van der Waals surface area contributed by atoms with Crippen molar-refractivity contribution < 1.29 is 9.53 Å². The van der Waals surface area contributed by atoms with E-state index in [2.05, 4.69) is 20.6 Å². The van der Waals surface area contributed by atoms with E-state index in [4.69, 9.17) is 16.3 Å². The van der Waals surface area contributed by atoms with Crippen LogP contribution in [0.2, 0.25) is 5.02 Å². The fraction of sp³-hybridized carbons (Fsp3) is 0.227. The molecule has 2 N–H and O–H groups in total. The monoisotopic (exact) mass is 410 g/mol. The van der Waals surface area contributed by atoms with Crippen LogP contribution in [0.3, 0.4) is 0 Å². The van der Waals surface area contributed by atoms with Gasteiger partial charge in [-0.25, -0.2) is 4.98 Å². The van der Waals surface area contributed by atoms with Crippen LogP contribution in [0.4, 0.5) is 5.82 Å². The first-order chi connectivity index (χ1) is 14.2. The van der Waals surface area contributed by atoms with Crippen molar-refractivity contribution >= 4 is 23.3 Å². The van der Waals surface area contributed by atoms with Gasteiger partial charge in [-0.2, -0.15) is 0 Å². The number of ether oxygens (including phenoxy) is 1. The number of carbonyl (C=O) groups excluding carboxylic acids is 1. The standard InChI is InChI=1S/C22H23ClN4O2/c1-29-15-14-25-21-19(22(28)26-13-11-18-4-2-3-12-24-18)9-10-20(27-21)16-5-7-17(23)8-6-16/h2-10,12H,11,13-15H2,1H3,(H,25,27)(H,26,28). The zero-order chi connectivity index (χ0) is 20.5. The third-order valence-electron chi connectivity index (χ3n) is 4.27. The number of halogens is 1. The Morgan fingerprint density at radius 2 is 1.90 bits per heavy atom. The molecule has 0 saturated carbocycles. The summed E-state index contributed by atoms with van der Waals surface area (Å²) in [5.41, 5.74) is 3.10. The summed E-state index contributed by atoms with van der Waals surface area (Å²) in [6, 6.07) is 16.8. The number of hydrogen-bond acceptors (Lipinski definition) is 5. The van der Waals surface area contributed by atoms with Gasteiger partial charge in [0.25, 0.3) is 5.91 Å². The van der Waals surface area contributed by atoms with Gasteiger partial charge >= 0.3 is 0 Å². The maximum absolute atomic E-state index is 12.7. The van der Waals surface area contributed by atoms with Crippen LogP contribution in [0, 0.1) is 0 Å². The van der Waals surface area contributed by atoms with Gasteiger partial charge in [-0.05, 0) is 36.4 Å². The van der Waals surface area contributed by atoms with Gasteiger partial charge in [0.15, 0.2) is 0 Å². The minimum Gasteiger partial charge on any atom is -0.383 e. The van der Waals surface area contributed by atoms with Crippen LogP contribution in [0.25, 0.3) is 11.3 Å². The molecule has 7 heteroatoms. The molecular weight excluding hydrogens is 388 g/mol. The smallest absolute Gasteiger partial charge is 0.255 e. The van der Waals surface area contributed by atoms with Crippen molar-refractivity contribution in [2.45, 2.75) is 6.42 Å². The fourth-order valence-electron chi connectivity index (χ4n) is 2.78. The van der Waals surface area contributed by atoms with Gasteiger partial charge in [-0.15, -0.1) is 0 Å². The highest BCUT2D eigenvalue weighted by Gasteiger charge is 2.14. The van der Waals surface area contributed by atoms with Crippen molar-refractivity contribution in [3.05, 3.63) is 77.1 Å². The van der Waals surface area contributed by atoms with E-state index in [0.29, 0.717) is 42.5 Å². The summed E-state index contributed by atoms with van der Waals surface area (Å²) in [7, 11) is 1.63. The normalized spacial score (nSPS) is 10.6. The summed E-state index contributed by atoms with van der Waals surface area (Å²) in [6.07, 6.45) is 2.41. The molecular formula is C22H23ClN4O2. The predicted molar refractivity (Wildman–Crippen MR) is 115 cm³/mol. The van der Waals surface area contributed by atoms with E-state index < -0.39 is 0 Å². The molecule has 2 aromatic heterocycles. The molecule has 0 spiro atoms. The third-order valence-corrected chi connectivity index (χ3v) is 4.52. The number of hydrogen-bond donors (Lipinski definition) is 2. The predicted octanol–water partition coefficient (Wildman–Crippen LogP) is 3.83. The maximum Gasteiger partial charge on any atom is 0.255 e. The summed E-state index contributed by atoms with van der Waals surface area (Å²) in [5, 5.41) is 6.79. The quantitative estimate of drug-likeness (QED) is 0.524. The molecule has 0 aliphatic rings. The van der Waals surface area contributed by atoms with Gasteiger partial charge < -0.3 is 15.4 Å². The van der Waals surface area contributed by atoms with Crippen molar-refractivity contribution in [2.24, 2.45) is 0 Å². The number of rotatable bonds is 9. The minimum absolute atomic E-state index is 0.184. The Balaban J connectivity index is 1.74.